The first-order chi connectivity index (χ1) is 10.7. The van der Waals surface area contributed by atoms with Gasteiger partial charge in [-0.05, 0) is 30.7 Å². The standard InChI is InChI=1S/C16H16N4O2/c1-11-15(13-5-3-4-8-20(13)19-11)16(21)18-10-12-6-7-17-14(9-12)22-2/h3-9H,10H2,1-2H3,(H,18,21). The summed E-state index contributed by atoms with van der Waals surface area (Å²) in [6, 6.07) is 9.28. The summed E-state index contributed by atoms with van der Waals surface area (Å²) >= 11 is 0. The lowest BCUT2D eigenvalue weighted by Gasteiger charge is -2.06. The van der Waals surface area contributed by atoms with Gasteiger partial charge in [-0.3, -0.25) is 4.79 Å². The van der Waals surface area contributed by atoms with Crippen LogP contribution < -0.4 is 10.1 Å². The second-order valence-electron chi connectivity index (χ2n) is 4.88. The molecule has 1 N–H and O–H groups in total. The Kier molecular flexibility index (Phi) is 3.74. The number of hydrogen-bond donors (Lipinski definition) is 1. The lowest BCUT2D eigenvalue weighted by atomic mass is 10.2. The van der Waals surface area contributed by atoms with Gasteiger partial charge in [0.1, 0.15) is 0 Å². The number of aryl methyl sites for hydroxylation is 1. The van der Waals surface area contributed by atoms with E-state index in [4.69, 9.17) is 4.74 Å². The van der Waals surface area contributed by atoms with Gasteiger partial charge in [-0.2, -0.15) is 5.10 Å². The number of nitrogens with one attached hydrogen (secondary N) is 1. The number of fused-ring (bicyclic) bond motifs is 1. The van der Waals surface area contributed by atoms with Gasteiger partial charge in [0.25, 0.3) is 5.91 Å². The lowest BCUT2D eigenvalue weighted by molar-refractivity contribution is 0.0952. The van der Waals surface area contributed by atoms with Crippen LogP contribution in [0.5, 0.6) is 5.88 Å². The highest BCUT2D eigenvalue weighted by Crippen LogP contribution is 2.15. The molecule has 0 aliphatic carbocycles. The summed E-state index contributed by atoms with van der Waals surface area (Å²) in [6.45, 7) is 2.23. The molecule has 0 radical (unpaired) electrons. The minimum atomic E-state index is -0.144. The first-order valence-corrected chi connectivity index (χ1v) is 6.90. The largest absolute Gasteiger partial charge is 0.481 e. The summed E-state index contributed by atoms with van der Waals surface area (Å²) in [7, 11) is 1.56. The molecule has 0 bridgehead atoms. The maximum absolute atomic E-state index is 12.5. The third-order valence-corrected chi connectivity index (χ3v) is 3.40. The van der Waals surface area contributed by atoms with Crippen molar-refractivity contribution in [1.82, 2.24) is 19.9 Å². The van der Waals surface area contributed by atoms with Crippen LogP contribution in [0.4, 0.5) is 0 Å². The van der Waals surface area contributed by atoms with Crippen molar-refractivity contribution >= 4 is 11.4 Å². The Labute approximate surface area is 127 Å². The van der Waals surface area contributed by atoms with Gasteiger partial charge in [0.05, 0.1) is 23.9 Å². The van der Waals surface area contributed by atoms with E-state index in [1.807, 2.05) is 37.4 Å². The molecule has 6 heteroatoms. The highest BCUT2D eigenvalue weighted by atomic mass is 16.5. The molecule has 0 saturated carbocycles. The Morgan fingerprint density at radius 2 is 2.23 bits per heavy atom. The first-order valence-electron chi connectivity index (χ1n) is 6.90. The molecule has 3 aromatic heterocycles. The van der Waals surface area contributed by atoms with E-state index in [0.717, 1.165) is 11.1 Å². The van der Waals surface area contributed by atoms with Gasteiger partial charge in [0.15, 0.2) is 0 Å². The topological polar surface area (TPSA) is 68.5 Å². The number of aromatic nitrogens is 3. The molecule has 0 aliphatic rings. The molecule has 0 spiro atoms. The van der Waals surface area contributed by atoms with Crippen LogP contribution >= 0.6 is 0 Å². The molecule has 3 heterocycles. The number of nitrogens with zero attached hydrogens (tertiary/aromatic N) is 3. The normalized spacial score (nSPS) is 10.6. The molecular formula is C16H16N4O2. The van der Waals surface area contributed by atoms with Crippen LogP contribution in [0, 0.1) is 6.92 Å². The van der Waals surface area contributed by atoms with Gasteiger partial charge in [0.2, 0.25) is 5.88 Å². The Balaban J connectivity index is 1.80. The summed E-state index contributed by atoms with van der Waals surface area (Å²) in [5.74, 6) is 0.383. The maximum Gasteiger partial charge on any atom is 0.255 e. The number of methoxy groups -OCH3 is 1. The monoisotopic (exact) mass is 296 g/mol. The van der Waals surface area contributed by atoms with E-state index in [0.29, 0.717) is 23.7 Å². The fourth-order valence-corrected chi connectivity index (χ4v) is 2.34. The molecule has 1 amide bonds. The number of ether oxygens (including phenoxy) is 1. The molecule has 0 aliphatic heterocycles. The van der Waals surface area contributed by atoms with E-state index in [1.54, 1.807) is 23.9 Å². The number of carbonyl (C=O) groups excluding carboxylic acids is 1. The Bertz CT molecular complexity index is 826. The van der Waals surface area contributed by atoms with E-state index >= 15 is 0 Å². The molecule has 0 atom stereocenters. The van der Waals surface area contributed by atoms with Crippen molar-refractivity contribution in [3.8, 4) is 5.88 Å². The predicted molar refractivity (Wildman–Crippen MR) is 81.9 cm³/mol. The predicted octanol–water partition coefficient (Wildman–Crippen LogP) is 1.98. The molecule has 0 aromatic carbocycles. The molecule has 6 nitrogen and oxygen atoms in total. The highest BCUT2D eigenvalue weighted by Gasteiger charge is 2.16. The van der Waals surface area contributed by atoms with Crippen LogP contribution in [-0.4, -0.2) is 27.6 Å². The minimum Gasteiger partial charge on any atom is -0.481 e. The number of pyridine rings is 2. The quantitative estimate of drug-likeness (QED) is 0.799. The van der Waals surface area contributed by atoms with Crippen LogP contribution in [0.2, 0.25) is 0 Å². The Hall–Kier alpha value is -2.89. The zero-order valence-electron chi connectivity index (χ0n) is 12.4. The van der Waals surface area contributed by atoms with E-state index in [-0.39, 0.29) is 5.91 Å². The summed E-state index contributed by atoms with van der Waals surface area (Å²) in [6.07, 6.45) is 3.48. The molecule has 0 saturated heterocycles. The third kappa shape index (κ3) is 2.63. The molecule has 3 aromatic rings. The van der Waals surface area contributed by atoms with Crippen molar-refractivity contribution in [2.75, 3.05) is 7.11 Å². The third-order valence-electron chi connectivity index (χ3n) is 3.40. The van der Waals surface area contributed by atoms with Gasteiger partial charge in [0, 0.05) is 25.0 Å². The fraction of sp³-hybridized carbons (Fsp3) is 0.188. The molecule has 0 fully saturated rings. The molecule has 112 valence electrons. The van der Waals surface area contributed by atoms with Gasteiger partial charge in [-0.1, -0.05) is 6.07 Å². The smallest absolute Gasteiger partial charge is 0.255 e. The number of carbonyl (C=O) groups is 1. The summed E-state index contributed by atoms with van der Waals surface area (Å²) < 4.78 is 6.78. The molecular weight excluding hydrogens is 280 g/mol. The van der Waals surface area contributed by atoms with Gasteiger partial charge < -0.3 is 10.1 Å². The maximum atomic E-state index is 12.5. The summed E-state index contributed by atoms with van der Waals surface area (Å²) in [4.78, 5) is 16.5. The van der Waals surface area contributed by atoms with Crippen LogP contribution in [0.15, 0.2) is 42.7 Å². The van der Waals surface area contributed by atoms with Gasteiger partial charge >= 0.3 is 0 Å². The molecule has 22 heavy (non-hydrogen) atoms. The fourth-order valence-electron chi connectivity index (χ4n) is 2.34. The van der Waals surface area contributed by atoms with Crippen molar-refractivity contribution in [2.45, 2.75) is 13.5 Å². The summed E-state index contributed by atoms with van der Waals surface area (Å²) in [5, 5.41) is 7.25. The van der Waals surface area contributed by atoms with Crippen LogP contribution in [0.25, 0.3) is 5.52 Å². The Morgan fingerprint density at radius 1 is 1.36 bits per heavy atom. The van der Waals surface area contributed by atoms with Crippen LogP contribution in [0.3, 0.4) is 0 Å². The van der Waals surface area contributed by atoms with Gasteiger partial charge in [-0.15, -0.1) is 0 Å². The van der Waals surface area contributed by atoms with E-state index in [1.165, 1.54) is 0 Å². The number of amides is 1. The first kappa shape index (κ1) is 14.1. The highest BCUT2D eigenvalue weighted by molar-refractivity contribution is 6.01. The number of rotatable bonds is 4. The zero-order valence-corrected chi connectivity index (χ0v) is 12.4. The van der Waals surface area contributed by atoms with Crippen molar-refractivity contribution in [2.24, 2.45) is 0 Å². The SMILES string of the molecule is COc1cc(CNC(=O)c2c(C)nn3ccccc23)ccn1. The molecule has 3 rings (SSSR count). The number of hydrogen-bond acceptors (Lipinski definition) is 4. The molecule has 0 unspecified atom stereocenters. The van der Waals surface area contributed by atoms with Crippen molar-refractivity contribution in [3.63, 3.8) is 0 Å². The van der Waals surface area contributed by atoms with Crippen molar-refractivity contribution in [1.29, 1.82) is 0 Å². The van der Waals surface area contributed by atoms with Crippen LogP contribution in [0.1, 0.15) is 21.6 Å². The second-order valence-corrected chi connectivity index (χ2v) is 4.88. The van der Waals surface area contributed by atoms with E-state index in [9.17, 15) is 4.79 Å². The minimum absolute atomic E-state index is 0.144. The lowest BCUT2D eigenvalue weighted by Crippen LogP contribution is -2.23. The van der Waals surface area contributed by atoms with E-state index in [2.05, 4.69) is 15.4 Å². The Morgan fingerprint density at radius 3 is 3.05 bits per heavy atom. The van der Waals surface area contributed by atoms with Crippen molar-refractivity contribution in [3.05, 3.63) is 59.5 Å². The second kappa shape index (κ2) is 5.85. The summed E-state index contributed by atoms with van der Waals surface area (Å²) in [5.41, 5.74) is 3.02. The van der Waals surface area contributed by atoms with Crippen LogP contribution in [-0.2, 0) is 6.54 Å². The zero-order chi connectivity index (χ0) is 15.5. The average molecular weight is 296 g/mol. The van der Waals surface area contributed by atoms with Crippen molar-refractivity contribution < 1.29 is 9.53 Å². The van der Waals surface area contributed by atoms with Gasteiger partial charge in [-0.25, -0.2) is 9.50 Å². The average Bonchev–Trinajstić information content (AvgIpc) is 2.88. The van der Waals surface area contributed by atoms with E-state index < -0.39 is 0 Å².